The Morgan fingerprint density at radius 1 is 1.38 bits per heavy atom. The molecule has 2 fully saturated rings. The number of piperazine rings is 1. The molecule has 6 nitrogen and oxygen atoms in total. The Hall–Kier alpha value is -1.95. The van der Waals surface area contributed by atoms with Gasteiger partial charge in [-0.25, -0.2) is 0 Å². The van der Waals surface area contributed by atoms with E-state index in [0.717, 1.165) is 18.7 Å². The molecule has 0 aromatic carbocycles. The van der Waals surface area contributed by atoms with E-state index in [1.165, 1.54) is 0 Å². The van der Waals surface area contributed by atoms with Gasteiger partial charge in [-0.2, -0.15) is 0 Å². The molecule has 0 aliphatic carbocycles. The van der Waals surface area contributed by atoms with Crippen LogP contribution in [0.1, 0.15) is 38.8 Å². The summed E-state index contributed by atoms with van der Waals surface area (Å²) >= 11 is 0. The molecule has 2 saturated heterocycles. The largest absolute Gasteiger partial charge is 0.337 e. The van der Waals surface area contributed by atoms with Crippen molar-refractivity contribution in [1.29, 1.82) is 0 Å². The highest BCUT2D eigenvalue weighted by molar-refractivity contribution is 5.90. The molecule has 1 aromatic rings. The summed E-state index contributed by atoms with van der Waals surface area (Å²) in [6.07, 6.45) is 3.88. The van der Waals surface area contributed by atoms with Crippen LogP contribution in [0, 0.1) is 5.92 Å². The second kappa shape index (κ2) is 6.51. The number of carbonyl (C=O) groups is 2. The molecule has 3 rings (SSSR count). The SMILES string of the molecule is CC(C)(C)N1CC(C(=O)N2CCNCC2c2cccnc2)CC1=O. The molecule has 2 aliphatic heterocycles. The van der Waals surface area contributed by atoms with E-state index >= 15 is 0 Å². The van der Waals surface area contributed by atoms with Crippen molar-refractivity contribution in [2.75, 3.05) is 26.2 Å². The van der Waals surface area contributed by atoms with Gasteiger partial charge in [-0.1, -0.05) is 6.07 Å². The minimum Gasteiger partial charge on any atom is -0.337 e. The molecular weight excluding hydrogens is 304 g/mol. The Labute approximate surface area is 143 Å². The third-order valence-corrected chi connectivity index (χ3v) is 4.88. The predicted octanol–water partition coefficient (Wildman–Crippen LogP) is 1.20. The quantitative estimate of drug-likeness (QED) is 0.885. The van der Waals surface area contributed by atoms with Gasteiger partial charge in [0, 0.05) is 50.5 Å². The summed E-state index contributed by atoms with van der Waals surface area (Å²) in [5.74, 6) is -0.0756. The number of carbonyl (C=O) groups excluding carboxylic acids is 2. The van der Waals surface area contributed by atoms with E-state index in [1.807, 2.05) is 48.9 Å². The first-order chi connectivity index (χ1) is 11.4. The maximum atomic E-state index is 13.1. The van der Waals surface area contributed by atoms with Gasteiger partial charge in [0.25, 0.3) is 0 Å². The lowest BCUT2D eigenvalue weighted by molar-refractivity contribution is -0.139. The third kappa shape index (κ3) is 3.29. The lowest BCUT2D eigenvalue weighted by Crippen LogP contribution is -2.51. The van der Waals surface area contributed by atoms with Crippen molar-refractivity contribution in [1.82, 2.24) is 20.1 Å². The van der Waals surface area contributed by atoms with Gasteiger partial charge in [0.1, 0.15) is 0 Å². The van der Waals surface area contributed by atoms with Crippen molar-refractivity contribution in [3.05, 3.63) is 30.1 Å². The molecule has 2 aliphatic rings. The first-order valence-electron chi connectivity index (χ1n) is 8.59. The fourth-order valence-electron chi connectivity index (χ4n) is 3.59. The fourth-order valence-corrected chi connectivity index (χ4v) is 3.59. The molecule has 0 bridgehead atoms. The van der Waals surface area contributed by atoms with Crippen LogP contribution in [-0.2, 0) is 9.59 Å². The Morgan fingerprint density at radius 3 is 2.79 bits per heavy atom. The van der Waals surface area contributed by atoms with Crippen LogP contribution in [0.25, 0.3) is 0 Å². The minimum absolute atomic E-state index is 0.0151. The smallest absolute Gasteiger partial charge is 0.228 e. The van der Waals surface area contributed by atoms with E-state index in [1.54, 1.807) is 6.20 Å². The van der Waals surface area contributed by atoms with Crippen molar-refractivity contribution in [2.24, 2.45) is 5.92 Å². The third-order valence-electron chi connectivity index (χ3n) is 4.88. The number of nitrogens with zero attached hydrogens (tertiary/aromatic N) is 3. The van der Waals surface area contributed by atoms with Crippen LogP contribution < -0.4 is 5.32 Å². The lowest BCUT2D eigenvalue weighted by Gasteiger charge is -2.38. The second-order valence-corrected chi connectivity index (χ2v) is 7.61. The second-order valence-electron chi connectivity index (χ2n) is 7.61. The summed E-state index contributed by atoms with van der Waals surface area (Å²) in [7, 11) is 0. The van der Waals surface area contributed by atoms with Crippen LogP contribution in [0.15, 0.2) is 24.5 Å². The molecule has 130 valence electrons. The molecule has 2 unspecified atom stereocenters. The van der Waals surface area contributed by atoms with Crippen molar-refractivity contribution >= 4 is 11.8 Å². The number of amides is 2. The molecule has 2 atom stereocenters. The van der Waals surface area contributed by atoms with E-state index in [2.05, 4.69) is 10.3 Å². The van der Waals surface area contributed by atoms with Crippen molar-refractivity contribution < 1.29 is 9.59 Å². The number of nitrogens with one attached hydrogen (secondary N) is 1. The minimum atomic E-state index is -0.242. The summed E-state index contributed by atoms with van der Waals surface area (Å²) in [4.78, 5) is 33.3. The van der Waals surface area contributed by atoms with E-state index < -0.39 is 0 Å². The number of hydrogen-bond acceptors (Lipinski definition) is 4. The Morgan fingerprint density at radius 2 is 2.17 bits per heavy atom. The van der Waals surface area contributed by atoms with E-state index in [-0.39, 0.29) is 29.3 Å². The maximum absolute atomic E-state index is 13.1. The van der Waals surface area contributed by atoms with Crippen LogP contribution >= 0.6 is 0 Å². The van der Waals surface area contributed by atoms with Gasteiger partial charge in [-0.3, -0.25) is 14.6 Å². The molecule has 6 heteroatoms. The standard InChI is InChI=1S/C18H26N4O2/c1-18(2,3)22-12-14(9-16(22)23)17(24)21-8-7-20-11-15(21)13-5-4-6-19-10-13/h4-6,10,14-15,20H,7-9,11-12H2,1-3H3. The van der Waals surface area contributed by atoms with Crippen LogP contribution in [0.5, 0.6) is 0 Å². The highest BCUT2D eigenvalue weighted by atomic mass is 16.2. The number of likely N-dealkylation sites (tertiary alicyclic amines) is 1. The molecule has 0 saturated carbocycles. The van der Waals surface area contributed by atoms with Crippen LogP contribution in [0.3, 0.4) is 0 Å². The normalized spacial score (nSPS) is 25.2. The number of pyridine rings is 1. The molecular formula is C18H26N4O2. The number of hydrogen-bond donors (Lipinski definition) is 1. The topological polar surface area (TPSA) is 65.5 Å². The highest BCUT2D eigenvalue weighted by Crippen LogP contribution is 2.30. The zero-order valence-corrected chi connectivity index (χ0v) is 14.7. The van der Waals surface area contributed by atoms with E-state index in [9.17, 15) is 9.59 Å². The van der Waals surface area contributed by atoms with Crippen molar-refractivity contribution in [2.45, 2.75) is 38.8 Å². The van der Waals surface area contributed by atoms with Crippen molar-refractivity contribution in [3.63, 3.8) is 0 Å². The van der Waals surface area contributed by atoms with E-state index in [4.69, 9.17) is 0 Å². The maximum Gasteiger partial charge on any atom is 0.228 e. The Bertz CT molecular complexity index is 611. The molecule has 0 radical (unpaired) electrons. The van der Waals surface area contributed by atoms with Crippen LogP contribution in [-0.4, -0.2) is 58.3 Å². The van der Waals surface area contributed by atoms with Gasteiger partial charge in [-0.05, 0) is 32.4 Å². The molecule has 2 amide bonds. The Balaban J connectivity index is 1.77. The van der Waals surface area contributed by atoms with Crippen LogP contribution in [0.4, 0.5) is 0 Å². The lowest BCUT2D eigenvalue weighted by atomic mass is 10.0. The first-order valence-corrected chi connectivity index (χ1v) is 8.59. The number of rotatable bonds is 2. The summed E-state index contributed by atoms with van der Waals surface area (Å²) in [5, 5.41) is 3.35. The molecule has 0 spiro atoms. The summed E-state index contributed by atoms with van der Waals surface area (Å²) in [6, 6.07) is 3.89. The summed E-state index contributed by atoms with van der Waals surface area (Å²) in [5.41, 5.74) is 0.799. The monoisotopic (exact) mass is 330 g/mol. The molecule has 1 aromatic heterocycles. The average Bonchev–Trinajstić information content (AvgIpc) is 2.97. The average molecular weight is 330 g/mol. The molecule has 3 heterocycles. The predicted molar refractivity (Wildman–Crippen MR) is 91.1 cm³/mol. The zero-order valence-electron chi connectivity index (χ0n) is 14.7. The summed E-state index contributed by atoms with van der Waals surface area (Å²) in [6.45, 7) is 8.74. The fraction of sp³-hybridized carbons (Fsp3) is 0.611. The van der Waals surface area contributed by atoms with Gasteiger partial charge in [0.2, 0.25) is 11.8 Å². The van der Waals surface area contributed by atoms with Gasteiger partial charge in [0.05, 0.1) is 12.0 Å². The first kappa shape index (κ1) is 16.9. The summed E-state index contributed by atoms with van der Waals surface area (Å²) < 4.78 is 0. The van der Waals surface area contributed by atoms with Gasteiger partial charge in [-0.15, -0.1) is 0 Å². The molecule has 1 N–H and O–H groups in total. The van der Waals surface area contributed by atoms with Crippen LogP contribution in [0.2, 0.25) is 0 Å². The number of aromatic nitrogens is 1. The van der Waals surface area contributed by atoms with Gasteiger partial charge < -0.3 is 15.1 Å². The van der Waals surface area contributed by atoms with Gasteiger partial charge >= 0.3 is 0 Å². The molecule has 24 heavy (non-hydrogen) atoms. The Kier molecular flexibility index (Phi) is 4.58. The zero-order chi connectivity index (χ0) is 17.3. The highest BCUT2D eigenvalue weighted by Gasteiger charge is 2.42. The van der Waals surface area contributed by atoms with Gasteiger partial charge in [0.15, 0.2) is 0 Å². The van der Waals surface area contributed by atoms with E-state index in [0.29, 0.717) is 19.5 Å². The van der Waals surface area contributed by atoms with Crippen molar-refractivity contribution in [3.8, 4) is 0 Å².